The normalized spacial score (nSPS) is 12.0. The predicted octanol–water partition coefficient (Wildman–Crippen LogP) is 5.67. The van der Waals surface area contributed by atoms with Crippen LogP contribution in [0.4, 0.5) is 4.39 Å². The fraction of sp³-hybridized carbons (Fsp3) is 0.0909. The van der Waals surface area contributed by atoms with Crippen LogP contribution in [0.15, 0.2) is 97.2 Å². The van der Waals surface area contributed by atoms with E-state index in [9.17, 15) is 19.2 Å². The average Bonchev–Trinajstić information content (AvgIpc) is 3.48. The lowest BCUT2D eigenvalue weighted by Gasteiger charge is -2.18. The number of halogens is 2. The van der Waals surface area contributed by atoms with E-state index < -0.39 is 18.8 Å². The molecule has 43 heavy (non-hydrogen) atoms. The molecule has 0 saturated heterocycles. The summed E-state index contributed by atoms with van der Waals surface area (Å²) in [7, 11) is -1.54. The lowest BCUT2D eigenvalue weighted by atomic mass is 9.80. The molecular formula is C33H28BClFN3O4. The first kappa shape index (κ1) is 29.9. The van der Waals surface area contributed by atoms with Crippen molar-refractivity contribution >= 4 is 58.2 Å². The zero-order valence-electron chi connectivity index (χ0n) is 23.2. The predicted molar refractivity (Wildman–Crippen MR) is 168 cm³/mol. The highest BCUT2D eigenvalue weighted by atomic mass is 35.5. The first-order valence-corrected chi connectivity index (χ1v) is 14.0. The number of allylic oxidation sites excluding steroid dienone is 1. The van der Waals surface area contributed by atoms with E-state index in [0.29, 0.717) is 16.9 Å². The summed E-state index contributed by atoms with van der Waals surface area (Å²) in [6.45, 7) is 2.16. The molecule has 0 atom stereocenters. The van der Waals surface area contributed by atoms with Crippen molar-refractivity contribution < 1.29 is 24.1 Å². The Hall–Kier alpha value is -4.54. The van der Waals surface area contributed by atoms with Crippen LogP contribution >= 0.6 is 11.6 Å². The third-order valence-corrected chi connectivity index (χ3v) is 7.27. The van der Waals surface area contributed by atoms with Gasteiger partial charge in [-0.15, -0.1) is 0 Å². The van der Waals surface area contributed by atoms with Gasteiger partial charge in [-0.1, -0.05) is 79.2 Å². The number of H-pyrrole nitrogens is 1. The first-order valence-electron chi connectivity index (χ1n) is 13.6. The topological polar surface area (TPSA) is 107 Å². The van der Waals surface area contributed by atoms with Crippen LogP contribution < -0.4 is 10.9 Å². The highest BCUT2D eigenvalue weighted by Gasteiger charge is 2.16. The second kappa shape index (κ2) is 13.6. The maximum Gasteiger partial charge on any atom is 0.488 e. The fourth-order valence-electron chi connectivity index (χ4n) is 4.79. The molecule has 1 aromatic heterocycles. The molecule has 4 aromatic carbocycles. The number of fused-ring (bicyclic) bond motifs is 1. The van der Waals surface area contributed by atoms with Crippen LogP contribution in [0.1, 0.15) is 41.2 Å². The smallest absolute Gasteiger partial charge is 0.423 e. The van der Waals surface area contributed by atoms with E-state index in [-0.39, 0.29) is 6.61 Å². The molecule has 0 aliphatic rings. The molecule has 0 spiro atoms. The van der Waals surface area contributed by atoms with Crippen LogP contribution in [0.25, 0.3) is 28.1 Å². The lowest BCUT2D eigenvalue weighted by molar-refractivity contribution is -0.129. The molecule has 5 rings (SSSR count). The van der Waals surface area contributed by atoms with E-state index in [1.165, 1.54) is 18.2 Å². The molecule has 7 nitrogen and oxygen atoms in total. The van der Waals surface area contributed by atoms with Crippen LogP contribution in [-0.4, -0.2) is 33.3 Å². The SMILES string of the molecule is CC/C(=C(/c1ccc(/C=C/C(=O)NOCc2ccc(B(O)O)cc2)cc1)c1ccc2[nH]ncc2c1)c1ccc(F)cc1Cl. The van der Waals surface area contributed by atoms with Gasteiger partial charge in [-0.25, -0.2) is 9.87 Å². The molecule has 1 heterocycles. The van der Waals surface area contributed by atoms with Gasteiger partial charge < -0.3 is 10.0 Å². The standard InChI is InChI=1S/C33H28BClFN3O4/c1-2-28(29-14-13-27(36)18-30(29)35)33(24-10-15-31-25(17-24)19-37-38-31)23-8-3-21(4-9-23)7-16-32(40)39-43-20-22-5-11-26(12-6-22)34(41)42/h3-19,41-42H,2,20H2,1H3,(H,37,38)(H,39,40)/b16-7+,33-28+. The quantitative estimate of drug-likeness (QED) is 0.0721. The van der Waals surface area contributed by atoms with Gasteiger partial charge in [0.1, 0.15) is 5.82 Å². The van der Waals surface area contributed by atoms with Gasteiger partial charge in [0.05, 0.1) is 23.3 Å². The second-order valence-corrected chi connectivity index (χ2v) is 10.2. The molecule has 4 N–H and O–H groups in total. The Labute approximate surface area is 253 Å². The van der Waals surface area contributed by atoms with Crippen molar-refractivity contribution in [2.24, 2.45) is 0 Å². The van der Waals surface area contributed by atoms with Gasteiger partial charge in [-0.3, -0.25) is 14.7 Å². The summed E-state index contributed by atoms with van der Waals surface area (Å²) in [4.78, 5) is 17.6. The minimum atomic E-state index is -1.54. The van der Waals surface area contributed by atoms with Crippen molar-refractivity contribution in [2.45, 2.75) is 20.0 Å². The molecule has 0 radical (unpaired) electrons. The van der Waals surface area contributed by atoms with Crippen LogP contribution in [0.5, 0.6) is 0 Å². The molecule has 10 heteroatoms. The summed E-state index contributed by atoms with van der Waals surface area (Å²) in [5.41, 5.74) is 9.81. The van der Waals surface area contributed by atoms with Crippen molar-refractivity contribution in [1.82, 2.24) is 15.7 Å². The number of hydrogen-bond acceptors (Lipinski definition) is 5. The van der Waals surface area contributed by atoms with Crippen LogP contribution in [-0.2, 0) is 16.2 Å². The minimum Gasteiger partial charge on any atom is -0.423 e. The summed E-state index contributed by atoms with van der Waals surface area (Å²) in [6, 6.07) is 24.8. The first-order chi connectivity index (χ1) is 20.8. The van der Waals surface area contributed by atoms with Gasteiger partial charge >= 0.3 is 7.12 Å². The van der Waals surface area contributed by atoms with E-state index in [2.05, 4.69) is 21.7 Å². The Morgan fingerprint density at radius 3 is 2.47 bits per heavy atom. The zero-order chi connectivity index (χ0) is 30.3. The Kier molecular flexibility index (Phi) is 9.49. The number of nitrogens with zero attached hydrogens (tertiary/aromatic N) is 1. The van der Waals surface area contributed by atoms with Gasteiger partial charge in [-0.2, -0.15) is 5.10 Å². The Bertz CT molecular complexity index is 1800. The second-order valence-electron chi connectivity index (χ2n) is 9.83. The number of carbonyl (C=O) groups is 1. The molecule has 0 fully saturated rings. The van der Waals surface area contributed by atoms with Gasteiger partial charge in [0.15, 0.2) is 0 Å². The summed E-state index contributed by atoms with van der Waals surface area (Å²) < 4.78 is 13.9. The van der Waals surface area contributed by atoms with E-state index in [4.69, 9.17) is 16.4 Å². The van der Waals surface area contributed by atoms with Crippen molar-refractivity contribution in [3.05, 3.63) is 136 Å². The van der Waals surface area contributed by atoms with Crippen molar-refractivity contribution in [3.8, 4) is 0 Å². The Balaban J connectivity index is 1.36. The minimum absolute atomic E-state index is 0.119. The number of benzene rings is 4. The van der Waals surface area contributed by atoms with E-state index in [1.54, 1.807) is 42.6 Å². The molecule has 1 amide bonds. The maximum absolute atomic E-state index is 13.9. The summed E-state index contributed by atoms with van der Waals surface area (Å²) in [5.74, 6) is -0.826. The summed E-state index contributed by atoms with van der Waals surface area (Å²) in [5, 5.41) is 26.8. The molecule has 0 saturated carbocycles. The van der Waals surface area contributed by atoms with Gasteiger partial charge in [0, 0.05) is 11.5 Å². The van der Waals surface area contributed by atoms with Gasteiger partial charge in [0.2, 0.25) is 0 Å². The van der Waals surface area contributed by atoms with E-state index in [0.717, 1.165) is 49.9 Å². The highest BCUT2D eigenvalue weighted by Crippen LogP contribution is 2.38. The van der Waals surface area contributed by atoms with Gasteiger partial charge in [-0.05, 0) is 81.2 Å². The number of aromatic nitrogens is 2. The molecule has 0 unspecified atom stereocenters. The Morgan fingerprint density at radius 2 is 1.77 bits per heavy atom. The van der Waals surface area contributed by atoms with Crippen LogP contribution in [0, 0.1) is 5.82 Å². The highest BCUT2D eigenvalue weighted by molar-refractivity contribution is 6.58. The maximum atomic E-state index is 13.9. The number of hydroxylamine groups is 1. The molecule has 0 aliphatic heterocycles. The summed E-state index contributed by atoms with van der Waals surface area (Å²) >= 11 is 6.52. The molecule has 0 aliphatic carbocycles. The van der Waals surface area contributed by atoms with Crippen molar-refractivity contribution in [2.75, 3.05) is 0 Å². The number of aromatic amines is 1. The molecule has 216 valence electrons. The van der Waals surface area contributed by atoms with Crippen molar-refractivity contribution in [3.63, 3.8) is 0 Å². The number of amides is 1. The third-order valence-electron chi connectivity index (χ3n) is 6.96. The molecule has 5 aromatic rings. The monoisotopic (exact) mass is 595 g/mol. The molecular weight excluding hydrogens is 568 g/mol. The van der Waals surface area contributed by atoms with E-state index >= 15 is 0 Å². The number of nitrogens with one attached hydrogen (secondary N) is 2. The fourth-order valence-corrected chi connectivity index (χ4v) is 5.07. The van der Waals surface area contributed by atoms with Crippen molar-refractivity contribution in [1.29, 1.82) is 0 Å². The zero-order valence-corrected chi connectivity index (χ0v) is 24.0. The number of hydrogen-bond donors (Lipinski definition) is 4. The summed E-state index contributed by atoms with van der Waals surface area (Å²) in [6.07, 6.45) is 5.48. The Morgan fingerprint density at radius 1 is 1.02 bits per heavy atom. The van der Waals surface area contributed by atoms with E-state index in [1.807, 2.05) is 43.3 Å². The van der Waals surface area contributed by atoms with Gasteiger partial charge in [0.25, 0.3) is 5.91 Å². The largest absolute Gasteiger partial charge is 0.488 e. The lowest BCUT2D eigenvalue weighted by Crippen LogP contribution is -2.29. The van der Waals surface area contributed by atoms with Crippen LogP contribution in [0.2, 0.25) is 5.02 Å². The molecule has 0 bridgehead atoms. The van der Waals surface area contributed by atoms with Crippen LogP contribution in [0.3, 0.4) is 0 Å². The third kappa shape index (κ3) is 7.28. The average molecular weight is 596 g/mol. The number of carbonyl (C=O) groups excluding carboxylic acids is 1. The number of rotatable bonds is 10.